The standard InChI is InChI=1S/C27H22BrFN4O3S/c1-35-15-24(34)31-17-6-8-18(9-7-17)33-26(25(32-27(33)37)21-4-2-3-13-30-21)23-12-11-22(36-23)19-10-5-16(28)14-20(19)29/h2-14,25-26H,15H2,1H3,(H,31,34)(H,32,37)/t25-,26+/m0/s1. The number of carbonyl (C=O) groups is 1. The number of benzene rings is 2. The predicted octanol–water partition coefficient (Wildman–Crippen LogP) is 6.01. The third-order valence-electron chi connectivity index (χ3n) is 5.92. The number of carbonyl (C=O) groups excluding carboxylic acids is 1. The summed E-state index contributed by atoms with van der Waals surface area (Å²) in [5.41, 5.74) is 2.57. The van der Waals surface area contributed by atoms with Crippen LogP contribution in [0.2, 0.25) is 0 Å². The Morgan fingerprint density at radius 3 is 2.70 bits per heavy atom. The van der Waals surface area contributed by atoms with Crippen molar-refractivity contribution >= 4 is 50.5 Å². The van der Waals surface area contributed by atoms with Crippen molar-refractivity contribution in [1.82, 2.24) is 10.3 Å². The van der Waals surface area contributed by atoms with Crippen LogP contribution >= 0.6 is 28.1 Å². The number of nitrogens with zero attached hydrogens (tertiary/aromatic N) is 2. The van der Waals surface area contributed by atoms with Gasteiger partial charge >= 0.3 is 0 Å². The van der Waals surface area contributed by atoms with Crippen molar-refractivity contribution in [1.29, 1.82) is 0 Å². The fraction of sp³-hybridized carbons (Fsp3) is 0.148. The molecule has 0 unspecified atom stereocenters. The molecule has 0 saturated carbocycles. The lowest BCUT2D eigenvalue weighted by molar-refractivity contribution is -0.119. The van der Waals surface area contributed by atoms with E-state index in [1.807, 2.05) is 41.3 Å². The van der Waals surface area contributed by atoms with Gasteiger partial charge in [0.1, 0.15) is 30.0 Å². The molecule has 188 valence electrons. The summed E-state index contributed by atoms with van der Waals surface area (Å²) >= 11 is 9.03. The first-order valence-corrected chi connectivity index (χ1v) is 12.6. The Hall–Kier alpha value is -3.60. The third kappa shape index (κ3) is 5.27. The molecule has 0 aliphatic carbocycles. The van der Waals surface area contributed by atoms with E-state index < -0.39 is 6.04 Å². The van der Waals surface area contributed by atoms with E-state index in [0.29, 0.717) is 32.4 Å². The smallest absolute Gasteiger partial charge is 0.250 e. The molecule has 37 heavy (non-hydrogen) atoms. The molecule has 0 spiro atoms. The molecule has 1 fully saturated rings. The molecule has 1 aliphatic heterocycles. The maximum atomic E-state index is 14.7. The molecule has 2 N–H and O–H groups in total. The van der Waals surface area contributed by atoms with E-state index >= 15 is 0 Å². The number of thiocarbonyl (C=S) groups is 1. The molecule has 2 atom stereocenters. The van der Waals surface area contributed by atoms with Crippen molar-refractivity contribution < 1.29 is 18.3 Å². The van der Waals surface area contributed by atoms with Gasteiger partial charge in [0.05, 0.1) is 17.3 Å². The zero-order chi connectivity index (χ0) is 25.9. The van der Waals surface area contributed by atoms with Crippen LogP contribution in [0.5, 0.6) is 0 Å². The van der Waals surface area contributed by atoms with Gasteiger partial charge in [-0.15, -0.1) is 0 Å². The summed E-state index contributed by atoms with van der Waals surface area (Å²) in [5, 5.41) is 6.64. The first kappa shape index (κ1) is 25.1. The number of pyridine rings is 1. The van der Waals surface area contributed by atoms with Crippen LogP contribution in [-0.4, -0.2) is 29.7 Å². The van der Waals surface area contributed by atoms with Gasteiger partial charge in [-0.3, -0.25) is 9.78 Å². The van der Waals surface area contributed by atoms with Gasteiger partial charge in [0.15, 0.2) is 5.11 Å². The lowest BCUT2D eigenvalue weighted by atomic mass is 10.0. The van der Waals surface area contributed by atoms with E-state index in [4.69, 9.17) is 21.4 Å². The van der Waals surface area contributed by atoms with Gasteiger partial charge in [0.2, 0.25) is 5.91 Å². The van der Waals surface area contributed by atoms with Gasteiger partial charge in [-0.2, -0.15) is 0 Å². The topological polar surface area (TPSA) is 79.6 Å². The van der Waals surface area contributed by atoms with Crippen LogP contribution in [0.15, 0.2) is 87.9 Å². The van der Waals surface area contributed by atoms with Crippen LogP contribution in [0.4, 0.5) is 15.8 Å². The quantitative estimate of drug-likeness (QED) is 0.259. The molecular formula is C27H22BrFN4O3S. The van der Waals surface area contributed by atoms with Crippen LogP contribution in [0.1, 0.15) is 23.5 Å². The fourth-order valence-electron chi connectivity index (χ4n) is 4.30. The highest BCUT2D eigenvalue weighted by Gasteiger charge is 2.42. The third-order valence-corrected chi connectivity index (χ3v) is 6.73. The Morgan fingerprint density at radius 2 is 2.00 bits per heavy atom. The summed E-state index contributed by atoms with van der Waals surface area (Å²) in [7, 11) is 1.47. The first-order valence-electron chi connectivity index (χ1n) is 11.4. The van der Waals surface area contributed by atoms with Crippen molar-refractivity contribution in [2.45, 2.75) is 12.1 Å². The van der Waals surface area contributed by atoms with E-state index in [9.17, 15) is 9.18 Å². The minimum Gasteiger partial charge on any atom is -0.459 e. The lowest BCUT2D eigenvalue weighted by Crippen LogP contribution is -2.29. The Labute approximate surface area is 226 Å². The highest BCUT2D eigenvalue weighted by molar-refractivity contribution is 9.10. The Kier molecular flexibility index (Phi) is 7.31. The number of methoxy groups -OCH3 is 1. The highest BCUT2D eigenvalue weighted by atomic mass is 79.9. The Morgan fingerprint density at radius 1 is 1.19 bits per heavy atom. The second kappa shape index (κ2) is 10.8. The zero-order valence-corrected chi connectivity index (χ0v) is 22.1. The number of anilines is 2. The molecule has 2 aromatic carbocycles. The van der Waals surface area contributed by atoms with Crippen LogP contribution in [0, 0.1) is 5.82 Å². The van der Waals surface area contributed by atoms with Gasteiger partial charge in [0.25, 0.3) is 0 Å². The van der Waals surface area contributed by atoms with Crippen molar-refractivity contribution in [3.63, 3.8) is 0 Å². The molecule has 1 saturated heterocycles. The average Bonchev–Trinajstić information content (AvgIpc) is 3.50. The number of amides is 1. The minimum absolute atomic E-state index is 0.0322. The largest absolute Gasteiger partial charge is 0.459 e. The van der Waals surface area contributed by atoms with Crippen LogP contribution in [-0.2, 0) is 9.53 Å². The SMILES string of the molecule is COCC(=O)Nc1ccc(N2C(=S)N[C@@H](c3ccccn3)[C@H]2c2ccc(-c3ccc(Br)cc3F)o2)cc1. The maximum Gasteiger partial charge on any atom is 0.250 e. The van der Waals surface area contributed by atoms with Crippen molar-refractivity contribution in [3.05, 3.63) is 101 Å². The number of hydrogen-bond acceptors (Lipinski definition) is 5. The number of ether oxygens (including phenoxy) is 1. The van der Waals surface area contributed by atoms with E-state index in [-0.39, 0.29) is 24.4 Å². The fourth-order valence-corrected chi connectivity index (χ4v) is 4.98. The second-order valence-electron chi connectivity index (χ2n) is 8.35. The number of halogens is 2. The number of nitrogens with one attached hydrogen (secondary N) is 2. The van der Waals surface area contributed by atoms with Crippen molar-refractivity contribution in [2.24, 2.45) is 0 Å². The monoisotopic (exact) mass is 580 g/mol. The first-order chi connectivity index (χ1) is 17.9. The van der Waals surface area contributed by atoms with E-state index in [2.05, 4.69) is 31.5 Å². The Balaban J connectivity index is 1.52. The molecule has 0 radical (unpaired) electrons. The van der Waals surface area contributed by atoms with Crippen LogP contribution < -0.4 is 15.5 Å². The van der Waals surface area contributed by atoms with E-state index in [1.54, 1.807) is 36.5 Å². The minimum atomic E-state index is -0.399. The summed E-state index contributed by atoms with van der Waals surface area (Å²) in [6, 6.07) is 20.7. The number of hydrogen-bond donors (Lipinski definition) is 2. The molecule has 2 aromatic heterocycles. The van der Waals surface area contributed by atoms with Gasteiger partial charge in [0, 0.05) is 29.2 Å². The van der Waals surface area contributed by atoms with Crippen LogP contribution in [0.3, 0.4) is 0 Å². The van der Waals surface area contributed by atoms with Gasteiger partial charge in [-0.05, 0) is 78.9 Å². The molecule has 7 nitrogen and oxygen atoms in total. The summed E-state index contributed by atoms with van der Waals surface area (Å²) in [6.07, 6.45) is 1.72. The van der Waals surface area contributed by atoms with Crippen molar-refractivity contribution in [3.8, 4) is 11.3 Å². The summed E-state index contributed by atoms with van der Waals surface area (Å²) in [5.74, 6) is 0.371. The molecule has 1 aliphatic rings. The molecule has 5 rings (SSSR count). The number of rotatable bonds is 7. The lowest BCUT2D eigenvalue weighted by Gasteiger charge is -2.26. The Bertz CT molecular complexity index is 1430. The maximum absolute atomic E-state index is 14.7. The molecule has 3 heterocycles. The van der Waals surface area contributed by atoms with Gasteiger partial charge in [-0.1, -0.05) is 22.0 Å². The van der Waals surface area contributed by atoms with Gasteiger partial charge < -0.3 is 24.7 Å². The highest BCUT2D eigenvalue weighted by Crippen LogP contribution is 2.43. The molecule has 10 heteroatoms. The van der Waals surface area contributed by atoms with Crippen molar-refractivity contribution in [2.75, 3.05) is 23.9 Å². The molecule has 4 aromatic rings. The predicted molar refractivity (Wildman–Crippen MR) is 147 cm³/mol. The average molecular weight is 581 g/mol. The molecular weight excluding hydrogens is 559 g/mol. The molecule has 1 amide bonds. The van der Waals surface area contributed by atoms with E-state index in [1.165, 1.54) is 13.2 Å². The van der Waals surface area contributed by atoms with Gasteiger partial charge in [-0.25, -0.2) is 4.39 Å². The summed E-state index contributed by atoms with van der Waals surface area (Å²) in [4.78, 5) is 18.4. The summed E-state index contributed by atoms with van der Waals surface area (Å²) < 4.78 is 26.4. The molecule has 0 bridgehead atoms. The number of furan rings is 1. The summed E-state index contributed by atoms with van der Waals surface area (Å²) in [6.45, 7) is -0.0322. The normalized spacial score (nSPS) is 17.1. The number of aromatic nitrogens is 1. The second-order valence-corrected chi connectivity index (χ2v) is 9.65. The van der Waals surface area contributed by atoms with Crippen LogP contribution in [0.25, 0.3) is 11.3 Å². The zero-order valence-electron chi connectivity index (χ0n) is 19.7. The van der Waals surface area contributed by atoms with E-state index in [0.717, 1.165) is 11.4 Å².